The van der Waals surface area contributed by atoms with Crippen LogP contribution in [0.15, 0.2) is 151 Å². The lowest BCUT2D eigenvalue weighted by molar-refractivity contribution is 0.590. The number of hydrogen-bond donors (Lipinski definition) is 0. The Morgan fingerprint density at radius 2 is 1.03 bits per heavy atom. The molecule has 0 aliphatic heterocycles. The van der Waals surface area contributed by atoms with Crippen LogP contribution in [-0.2, 0) is 28.1 Å². The van der Waals surface area contributed by atoms with Crippen LogP contribution in [0.2, 0.25) is 0 Å². The average Bonchev–Trinajstić information content (AvgIpc) is 3.87. The summed E-state index contributed by atoms with van der Waals surface area (Å²) in [4.78, 5) is 2.58. The van der Waals surface area contributed by atoms with Gasteiger partial charge in [-0.3, -0.25) is 0 Å². The van der Waals surface area contributed by atoms with Crippen molar-refractivity contribution in [2.75, 3.05) is 4.90 Å². The van der Waals surface area contributed by atoms with E-state index in [0.29, 0.717) is 0 Å². The Balaban J connectivity index is 1.23. The predicted molar refractivity (Wildman–Crippen MR) is 272 cm³/mol. The van der Waals surface area contributed by atoms with Crippen molar-refractivity contribution in [2.45, 2.75) is 110 Å². The summed E-state index contributed by atoms with van der Waals surface area (Å²) in [6.07, 6.45) is 0.884. The van der Waals surface area contributed by atoms with Gasteiger partial charge in [0.1, 0.15) is 0 Å². The molecule has 8 aromatic rings. The number of benzene rings is 7. The molecule has 1 unspecified atom stereocenters. The fourth-order valence-electron chi connectivity index (χ4n) is 11.1. The molecule has 316 valence electrons. The molecular formula is C61H61NS. The first kappa shape index (κ1) is 41.3. The molecule has 0 saturated carbocycles. The van der Waals surface area contributed by atoms with Gasteiger partial charge in [0, 0.05) is 49.2 Å². The van der Waals surface area contributed by atoms with Crippen LogP contribution < -0.4 is 4.90 Å². The van der Waals surface area contributed by atoms with Gasteiger partial charge >= 0.3 is 0 Å². The maximum atomic E-state index is 2.58. The molecule has 2 heteroatoms. The Morgan fingerprint density at radius 1 is 0.508 bits per heavy atom. The number of hydrogen-bond acceptors (Lipinski definition) is 2. The van der Waals surface area contributed by atoms with Crippen molar-refractivity contribution >= 4 is 38.5 Å². The Hall–Kier alpha value is -5.70. The molecule has 2 aliphatic carbocycles. The molecule has 0 fully saturated rings. The molecule has 0 spiro atoms. The highest BCUT2D eigenvalue weighted by molar-refractivity contribution is 7.18. The standard InChI is InChI=1S/C61H61NS/c1-12-42-43(54(38-27-29-39(30-28-38)58(2,3)4)47-22-17-25-50-55(47)44-19-13-15-23-48(44)60(50,8)9)21-18-26-52(42)62(41-33-31-40(32-34-41)59(5,6)7)53-37-63-57-46(53)35-36-51-56(57)45-20-14-16-24-49(45)61(51,10)11/h13-37,54H,12H2,1-11H3. The van der Waals surface area contributed by atoms with Crippen molar-refractivity contribution in [3.8, 4) is 22.3 Å². The second kappa shape index (κ2) is 14.7. The van der Waals surface area contributed by atoms with Crippen LogP contribution in [0, 0.1) is 0 Å². The highest BCUT2D eigenvalue weighted by atomic mass is 32.1. The number of thiophene rings is 1. The Morgan fingerprint density at radius 3 is 1.63 bits per heavy atom. The quantitative estimate of drug-likeness (QED) is 0.145. The third-order valence-electron chi connectivity index (χ3n) is 14.7. The molecule has 1 heterocycles. The van der Waals surface area contributed by atoms with Gasteiger partial charge in [0.2, 0.25) is 0 Å². The van der Waals surface area contributed by atoms with Crippen molar-refractivity contribution in [3.63, 3.8) is 0 Å². The molecule has 0 radical (unpaired) electrons. The van der Waals surface area contributed by atoms with Crippen LogP contribution >= 0.6 is 11.3 Å². The van der Waals surface area contributed by atoms with E-state index in [4.69, 9.17) is 0 Å². The molecular weight excluding hydrogens is 779 g/mol. The van der Waals surface area contributed by atoms with E-state index in [0.717, 1.165) is 6.42 Å². The van der Waals surface area contributed by atoms with E-state index in [9.17, 15) is 0 Å². The average molecular weight is 840 g/mol. The SMILES string of the molecule is CCc1c(C(c2ccc(C(C)(C)C)cc2)c2cccc3c2-c2ccccc2C3(C)C)cccc1N(c1ccc(C(C)(C)C)cc1)c1csc2c3c(ccc12)C(C)(C)c1ccccc1-3. The van der Waals surface area contributed by atoms with E-state index in [1.807, 2.05) is 11.3 Å². The van der Waals surface area contributed by atoms with Crippen LogP contribution in [0.25, 0.3) is 32.3 Å². The smallest absolute Gasteiger partial charge is 0.0647 e. The molecule has 0 amide bonds. The Labute approximate surface area is 380 Å². The van der Waals surface area contributed by atoms with Crippen molar-refractivity contribution in [2.24, 2.45) is 0 Å². The van der Waals surface area contributed by atoms with E-state index in [1.54, 1.807) is 0 Å². The van der Waals surface area contributed by atoms with Gasteiger partial charge in [-0.1, -0.05) is 204 Å². The normalized spacial score (nSPS) is 15.2. The number of fused-ring (bicyclic) bond motifs is 8. The molecule has 2 aliphatic rings. The number of rotatable bonds is 7. The minimum absolute atomic E-state index is 0.0113. The second-order valence-electron chi connectivity index (χ2n) is 21.2. The summed E-state index contributed by atoms with van der Waals surface area (Å²) in [5.41, 5.74) is 22.9. The summed E-state index contributed by atoms with van der Waals surface area (Å²) in [6, 6.07) is 56.2. The largest absolute Gasteiger partial charge is 0.309 e. The van der Waals surface area contributed by atoms with E-state index < -0.39 is 0 Å². The van der Waals surface area contributed by atoms with Crippen LogP contribution in [0.5, 0.6) is 0 Å². The fourth-order valence-corrected chi connectivity index (χ4v) is 12.2. The summed E-state index contributed by atoms with van der Waals surface area (Å²) in [5, 5.41) is 3.72. The van der Waals surface area contributed by atoms with E-state index in [-0.39, 0.29) is 27.6 Å². The topological polar surface area (TPSA) is 3.24 Å². The second-order valence-corrected chi connectivity index (χ2v) is 22.1. The molecule has 1 nitrogen and oxygen atoms in total. The van der Waals surface area contributed by atoms with Gasteiger partial charge in [0.25, 0.3) is 0 Å². The molecule has 0 N–H and O–H groups in total. The maximum absolute atomic E-state index is 2.58. The minimum atomic E-state index is -0.0933. The highest BCUT2D eigenvalue weighted by Crippen LogP contribution is 2.56. The molecule has 1 aromatic heterocycles. The van der Waals surface area contributed by atoms with Crippen LogP contribution in [0.3, 0.4) is 0 Å². The lowest BCUT2D eigenvalue weighted by Crippen LogP contribution is -2.17. The fraction of sp³-hybridized carbons (Fsp3) is 0.279. The van der Waals surface area contributed by atoms with Crippen LogP contribution in [0.1, 0.15) is 138 Å². The Kier molecular flexibility index (Phi) is 9.63. The van der Waals surface area contributed by atoms with Gasteiger partial charge < -0.3 is 4.90 Å². The van der Waals surface area contributed by atoms with Gasteiger partial charge in [-0.15, -0.1) is 11.3 Å². The summed E-state index contributed by atoms with van der Waals surface area (Å²) >= 11 is 1.89. The van der Waals surface area contributed by atoms with Crippen molar-refractivity contribution in [3.05, 3.63) is 207 Å². The Bertz CT molecular complexity index is 3050. The van der Waals surface area contributed by atoms with Crippen molar-refractivity contribution in [1.82, 2.24) is 0 Å². The van der Waals surface area contributed by atoms with Gasteiger partial charge in [0.15, 0.2) is 0 Å². The van der Waals surface area contributed by atoms with E-state index in [2.05, 4.69) is 232 Å². The van der Waals surface area contributed by atoms with Gasteiger partial charge in [0.05, 0.1) is 5.69 Å². The zero-order valence-electron chi connectivity index (χ0n) is 39.1. The van der Waals surface area contributed by atoms with Crippen LogP contribution in [0.4, 0.5) is 17.1 Å². The lowest BCUT2D eigenvalue weighted by Gasteiger charge is -2.32. The third-order valence-corrected chi connectivity index (χ3v) is 15.7. The summed E-state index contributed by atoms with van der Waals surface area (Å²) in [7, 11) is 0. The summed E-state index contributed by atoms with van der Waals surface area (Å²) in [6.45, 7) is 25.8. The zero-order valence-corrected chi connectivity index (χ0v) is 39.9. The summed E-state index contributed by atoms with van der Waals surface area (Å²) < 4.78 is 1.36. The summed E-state index contributed by atoms with van der Waals surface area (Å²) in [5.74, 6) is 0.0113. The van der Waals surface area contributed by atoms with Gasteiger partial charge in [-0.25, -0.2) is 0 Å². The lowest BCUT2D eigenvalue weighted by atomic mass is 9.76. The number of anilines is 3. The molecule has 1 atom stereocenters. The molecule has 0 bridgehead atoms. The van der Waals surface area contributed by atoms with E-state index in [1.165, 1.54) is 105 Å². The first-order valence-electron chi connectivity index (χ1n) is 23.0. The number of nitrogens with zero attached hydrogens (tertiary/aromatic N) is 1. The predicted octanol–water partition coefficient (Wildman–Crippen LogP) is 17.3. The third kappa shape index (κ3) is 6.46. The van der Waals surface area contributed by atoms with Crippen molar-refractivity contribution in [1.29, 1.82) is 0 Å². The molecule has 0 saturated heterocycles. The zero-order chi connectivity index (χ0) is 44.2. The highest BCUT2D eigenvalue weighted by Gasteiger charge is 2.40. The molecule has 7 aromatic carbocycles. The minimum Gasteiger partial charge on any atom is -0.309 e. The van der Waals surface area contributed by atoms with Crippen molar-refractivity contribution < 1.29 is 0 Å². The first-order valence-corrected chi connectivity index (χ1v) is 23.9. The first-order chi connectivity index (χ1) is 30.0. The molecule has 10 rings (SSSR count). The molecule has 63 heavy (non-hydrogen) atoms. The van der Waals surface area contributed by atoms with Gasteiger partial charge in [-0.2, -0.15) is 0 Å². The monoisotopic (exact) mass is 839 g/mol. The van der Waals surface area contributed by atoms with E-state index >= 15 is 0 Å². The maximum Gasteiger partial charge on any atom is 0.0647 e. The van der Waals surface area contributed by atoms with Crippen LogP contribution in [-0.4, -0.2) is 0 Å². The van der Waals surface area contributed by atoms with Gasteiger partial charge in [-0.05, 0) is 108 Å².